The molecule has 0 spiro atoms. The Morgan fingerprint density at radius 3 is 3.00 bits per heavy atom. The zero-order valence-electron chi connectivity index (χ0n) is 11.2. The molecule has 2 heterocycles. The zero-order valence-corrected chi connectivity index (χ0v) is 12.0. The smallest absolute Gasteiger partial charge is 0.317 e. The quantitative estimate of drug-likeness (QED) is 0.898. The summed E-state index contributed by atoms with van der Waals surface area (Å²) in [6.45, 7) is 1.11. The number of fused-ring (bicyclic) bond motifs is 1. The highest BCUT2D eigenvalue weighted by atomic mass is 32.1. The molecule has 5 nitrogen and oxygen atoms in total. The fourth-order valence-corrected chi connectivity index (χ4v) is 3.98. The number of hydrogen-bond donors (Lipinski definition) is 2. The molecule has 0 radical (unpaired) electrons. The topological polar surface area (TPSA) is 69.6 Å². The van der Waals surface area contributed by atoms with Crippen LogP contribution in [-0.2, 0) is 11.2 Å². The van der Waals surface area contributed by atoms with E-state index in [1.54, 1.807) is 16.2 Å². The number of urea groups is 1. The van der Waals surface area contributed by atoms with Gasteiger partial charge in [0.15, 0.2) is 0 Å². The van der Waals surface area contributed by atoms with Crippen LogP contribution >= 0.6 is 11.3 Å². The van der Waals surface area contributed by atoms with Gasteiger partial charge in [-0.05, 0) is 36.3 Å². The highest BCUT2D eigenvalue weighted by Crippen LogP contribution is 2.33. The molecule has 1 atom stereocenters. The van der Waals surface area contributed by atoms with Crippen LogP contribution in [0.15, 0.2) is 11.4 Å². The molecule has 1 fully saturated rings. The highest BCUT2D eigenvalue weighted by Gasteiger charge is 2.33. The Bertz CT molecular complexity index is 522. The van der Waals surface area contributed by atoms with Gasteiger partial charge < -0.3 is 15.3 Å². The normalized spacial score (nSPS) is 22.0. The first-order chi connectivity index (χ1) is 9.63. The van der Waals surface area contributed by atoms with Crippen LogP contribution in [0.2, 0.25) is 0 Å². The van der Waals surface area contributed by atoms with E-state index in [0.29, 0.717) is 13.1 Å². The molecule has 1 aromatic heterocycles. The van der Waals surface area contributed by atoms with Crippen LogP contribution in [0.4, 0.5) is 4.79 Å². The number of aliphatic carboxylic acids is 1. The summed E-state index contributed by atoms with van der Waals surface area (Å²) in [6.07, 6.45) is 3.37. The second kappa shape index (κ2) is 5.44. The predicted molar refractivity (Wildman–Crippen MR) is 75.8 cm³/mol. The third kappa shape index (κ3) is 2.65. The average molecular weight is 294 g/mol. The third-order valence-electron chi connectivity index (χ3n) is 4.06. The Balaban J connectivity index is 1.53. The molecule has 2 N–H and O–H groups in total. The van der Waals surface area contributed by atoms with E-state index in [0.717, 1.165) is 19.3 Å². The van der Waals surface area contributed by atoms with E-state index >= 15 is 0 Å². The van der Waals surface area contributed by atoms with Crippen molar-refractivity contribution in [3.05, 3.63) is 21.9 Å². The van der Waals surface area contributed by atoms with Gasteiger partial charge in [0.1, 0.15) is 0 Å². The molecule has 1 unspecified atom stereocenters. The predicted octanol–water partition coefficient (Wildman–Crippen LogP) is 2.24. The number of hydrogen-bond acceptors (Lipinski definition) is 3. The molecule has 1 saturated heterocycles. The molecule has 0 aromatic carbocycles. The molecule has 3 rings (SSSR count). The SMILES string of the molecule is O=C(O)CC1CN(C(=O)NC2CCCc3sccc32)C1. The van der Waals surface area contributed by atoms with Crippen molar-refractivity contribution in [2.75, 3.05) is 13.1 Å². The van der Waals surface area contributed by atoms with Crippen LogP contribution in [0.25, 0.3) is 0 Å². The molecule has 2 aliphatic rings. The minimum atomic E-state index is -0.787. The standard InChI is InChI=1S/C14H18N2O3S/c17-13(18)6-9-7-16(8-9)14(19)15-11-2-1-3-12-10(11)4-5-20-12/h4-5,9,11H,1-3,6-8H2,(H,15,19)(H,17,18). The summed E-state index contributed by atoms with van der Waals surface area (Å²) in [7, 11) is 0. The van der Waals surface area contributed by atoms with Crippen molar-refractivity contribution in [2.45, 2.75) is 31.7 Å². The molecule has 6 heteroatoms. The van der Waals surface area contributed by atoms with E-state index in [-0.39, 0.29) is 24.4 Å². The number of aryl methyl sites for hydroxylation is 1. The van der Waals surface area contributed by atoms with Gasteiger partial charge in [-0.15, -0.1) is 11.3 Å². The Kier molecular flexibility index (Phi) is 3.65. The number of carboxylic acid groups (broad SMARTS) is 1. The van der Waals surface area contributed by atoms with Crippen molar-refractivity contribution in [1.29, 1.82) is 0 Å². The second-order valence-corrected chi connectivity index (χ2v) is 6.56. The van der Waals surface area contributed by atoms with Gasteiger partial charge in [0.05, 0.1) is 12.5 Å². The number of nitrogens with one attached hydrogen (secondary N) is 1. The summed E-state index contributed by atoms with van der Waals surface area (Å²) >= 11 is 1.76. The number of carboxylic acids is 1. The van der Waals surface area contributed by atoms with Crippen LogP contribution in [0.3, 0.4) is 0 Å². The lowest BCUT2D eigenvalue weighted by Crippen LogP contribution is -2.54. The fourth-order valence-electron chi connectivity index (χ4n) is 2.99. The first-order valence-corrected chi connectivity index (χ1v) is 7.85. The Hall–Kier alpha value is -1.56. The molecule has 2 amide bonds. The third-order valence-corrected chi connectivity index (χ3v) is 5.05. The molecule has 0 bridgehead atoms. The van der Waals surface area contributed by atoms with E-state index < -0.39 is 5.97 Å². The Labute approximate surface area is 121 Å². The summed E-state index contributed by atoms with van der Waals surface area (Å²) in [4.78, 5) is 25.8. The molecule has 1 aromatic rings. The van der Waals surface area contributed by atoms with Gasteiger partial charge in [0.25, 0.3) is 0 Å². The summed E-state index contributed by atoms with van der Waals surface area (Å²) in [5.41, 5.74) is 1.26. The number of nitrogens with zero attached hydrogens (tertiary/aromatic N) is 1. The molecule has 20 heavy (non-hydrogen) atoms. The van der Waals surface area contributed by atoms with Gasteiger partial charge in [-0.3, -0.25) is 4.79 Å². The zero-order chi connectivity index (χ0) is 14.1. The lowest BCUT2D eigenvalue weighted by molar-refractivity contribution is -0.139. The summed E-state index contributed by atoms with van der Waals surface area (Å²) in [6, 6.07) is 2.17. The van der Waals surface area contributed by atoms with E-state index in [1.165, 1.54) is 10.4 Å². The van der Waals surface area contributed by atoms with E-state index in [2.05, 4.69) is 16.8 Å². The monoisotopic (exact) mass is 294 g/mol. The van der Waals surface area contributed by atoms with Gasteiger partial charge in [-0.1, -0.05) is 0 Å². The van der Waals surface area contributed by atoms with E-state index in [4.69, 9.17) is 5.11 Å². The molecular formula is C14H18N2O3S. The van der Waals surface area contributed by atoms with Crippen molar-refractivity contribution in [3.63, 3.8) is 0 Å². The number of carbonyl (C=O) groups excluding carboxylic acids is 1. The van der Waals surface area contributed by atoms with Crippen molar-refractivity contribution >= 4 is 23.3 Å². The van der Waals surface area contributed by atoms with Crippen molar-refractivity contribution in [2.24, 2.45) is 5.92 Å². The lowest BCUT2D eigenvalue weighted by Gasteiger charge is -2.39. The Morgan fingerprint density at radius 2 is 2.25 bits per heavy atom. The van der Waals surface area contributed by atoms with Crippen LogP contribution in [0, 0.1) is 5.92 Å². The first-order valence-electron chi connectivity index (χ1n) is 6.97. The first kappa shape index (κ1) is 13.4. The van der Waals surface area contributed by atoms with E-state index in [1.807, 2.05) is 0 Å². The van der Waals surface area contributed by atoms with Gasteiger partial charge in [-0.25, -0.2) is 4.79 Å². The van der Waals surface area contributed by atoms with Gasteiger partial charge in [-0.2, -0.15) is 0 Å². The number of carbonyl (C=O) groups is 2. The minimum Gasteiger partial charge on any atom is -0.481 e. The number of amides is 2. The van der Waals surface area contributed by atoms with Crippen molar-refractivity contribution in [1.82, 2.24) is 10.2 Å². The maximum absolute atomic E-state index is 12.1. The lowest BCUT2D eigenvalue weighted by atomic mass is 9.93. The highest BCUT2D eigenvalue weighted by molar-refractivity contribution is 7.10. The second-order valence-electron chi connectivity index (χ2n) is 5.56. The molecule has 1 aliphatic heterocycles. The summed E-state index contributed by atoms with van der Waals surface area (Å²) in [5, 5.41) is 13.9. The maximum Gasteiger partial charge on any atom is 0.317 e. The molecule has 1 aliphatic carbocycles. The summed E-state index contributed by atoms with van der Waals surface area (Å²) < 4.78 is 0. The molecule has 0 saturated carbocycles. The minimum absolute atomic E-state index is 0.0595. The maximum atomic E-state index is 12.1. The van der Waals surface area contributed by atoms with Crippen LogP contribution in [-0.4, -0.2) is 35.1 Å². The number of rotatable bonds is 3. The van der Waals surface area contributed by atoms with Gasteiger partial charge in [0.2, 0.25) is 0 Å². The number of likely N-dealkylation sites (tertiary alicyclic amines) is 1. The molecular weight excluding hydrogens is 276 g/mol. The van der Waals surface area contributed by atoms with Crippen LogP contribution < -0.4 is 5.32 Å². The van der Waals surface area contributed by atoms with Gasteiger partial charge in [0, 0.05) is 23.9 Å². The van der Waals surface area contributed by atoms with Gasteiger partial charge >= 0.3 is 12.0 Å². The van der Waals surface area contributed by atoms with Crippen LogP contribution in [0.5, 0.6) is 0 Å². The largest absolute Gasteiger partial charge is 0.481 e. The number of thiophene rings is 1. The summed E-state index contributed by atoms with van der Waals surface area (Å²) in [5.74, 6) is -0.674. The fraction of sp³-hybridized carbons (Fsp3) is 0.571. The van der Waals surface area contributed by atoms with Crippen molar-refractivity contribution < 1.29 is 14.7 Å². The Morgan fingerprint density at radius 1 is 1.45 bits per heavy atom. The average Bonchev–Trinajstić information content (AvgIpc) is 2.82. The molecule has 108 valence electrons. The van der Waals surface area contributed by atoms with Crippen molar-refractivity contribution in [3.8, 4) is 0 Å². The van der Waals surface area contributed by atoms with E-state index in [9.17, 15) is 9.59 Å². The van der Waals surface area contributed by atoms with Crippen LogP contribution in [0.1, 0.15) is 35.7 Å².